The van der Waals surface area contributed by atoms with Crippen LogP contribution >= 0.6 is 0 Å². The van der Waals surface area contributed by atoms with Crippen LogP contribution in [-0.4, -0.2) is 72.1 Å². The highest BCUT2D eigenvalue weighted by Gasteiger charge is 2.40. The molecule has 8 heteroatoms. The summed E-state index contributed by atoms with van der Waals surface area (Å²) in [6, 6.07) is 19.6. The Morgan fingerprint density at radius 3 is 2.44 bits per heavy atom. The van der Waals surface area contributed by atoms with Crippen LogP contribution in [0.1, 0.15) is 53.6 Å². The Hall–Kier alpha value is -4.01. The van der Waals surface area contributed by atoms with Gasteiger partial charge in [-0.2, -0.15) is 0 Å². The first kappa shape index (κ1) is 29.1. The Labute approximate surface area is 254 Å². The van der Waals surface area contributed by atoms with Crippen LogP contribution in [0.2, 0.25) is 0 Å². The van der Waals surface area contributed by atoms with Gasteiger partial charge in [0.25, 0.3) is 5.91 Å². The minimum Gasteiger partial charge on any atom is -0.345 e. The predicted octanol–water partition coefficient (Wildman–Crippen LogP) is 6.19. The Morgan fingerprint density at radius 2 is 1.74 bits per heavy atom. The molecular weight excluding hydrogens is 556 g/mol. The van der Waals surface area contributed by atoms with Crippen molar-refractivity contribution in [1.82, 2.24) is 18.8 Å². The minimum absolute atomic E-state index is 0.0877. The maximum absolute atomic E-state index is 14.4. The molecule has 222 valence electrons. The second-order valence-electron chi connectivity index (χ2n) is 12.2. The van der Waals surface area contributed by atoms with Crippen LogP contribution in [0.4, 0.5) is 0 Å². The van der Waals surface area contributed by atoms with E-state index in [1.807, 2.05) is 42.5 Å². The minimum atomic E-state index is -3.92. The maximum atomic E-state index is 14.4. The molecule has 1 amide bonds. The zero-order valence-electron chi connectivity index (χ0n) is 25.2. The number of likely N-dealkylation sites (tertiary alicyclic amines) is 1. The van der Waals surface area contributed by atoms with Crippen LogP contribution in [0.3, 0.4) is 0 Å². The van der Waals surface area contributed by atoms with Gasteiger partial charge < -0.3 is 9.80 Å². The van der Waals surface area contributed by atoms with Crippen molar-refractivity contribution in [3.05, 3.63) is 108 Å². The summed E-state index contributed by atoms with van der Waals surface area (Å²) in [4.78, 5) is 20.8. The number of hydrogen-bond acceptors (Lipinski definition) is 5. The third kappa shape index (κ3) is 5.34. The molecule has 0 bridgehead atoms. The molecule has 2 atom stereocenters. The molecule has 0 spiro atoms. The zero-order valence-corrected chi connectivity index (χ0v) is 26.0. The molecule has 1 aliphatic carbocycles. The van der Waals surface area contributed by atoms with Crippen molar-refractivity contribution in [2.75, 3.05) is 34.2 Å². The molecule has 7 nitrogen and oxygen atoms in total. The summed E-state index contributed by atoms with van der Waals surface area (Å²) in [5, 5.41) is 0.737. The Kier molecular flexibility index (Phi) is 7.60. The second-order valence-corrected chi connectivity index (χ2v) is 14.5. The van der Waals surface area contributed by atoms with Crippen LogP contribution in [0.25, 0.3) is 27.7 Å². The van der Waals surface area contributed by atoms with Crippen LogP contribution in [-0.2, 0) is 10.0 Å². The number of fused-ring (bicyclic) bond motifs is 1. The van der Waals surface area contributed by atoms with Gasteiger partial charge in [0.2, 0.25) is 10.0 Å². The molecule has 2 aromatic heterocycles. The lowest BCUT2D eigenvalue weighted by atomic mass is 9.88. The number of hydrogen-bond donors (Lipinski definition) is 0. The molecule has 2 unspecified atom stereocenters. The van der Waals surface area contributed by atoms with Crippen molar-refractivity contribution >= 4 is 32.5 Å². The van der Waals surface area contributed by atoms with Gasteiger partial charge in [0.1, 0.15) is 4.75 Å². The van der Waals surface area contributed by atoms with Gasteiger partial charge in [0.05, 0.1) is 0 Å². The number of rotatable bonds is 6. The van der Waals surface area contributed by atoms with Gasteiger partial charge in [0.15, 0.2) is 5.65 Å². The molecule has 0 radical (unpaired) electrons. The molecular formula is C35H38N4O3S. The van der Waals surface area contributed by atoms with Crippen molar-refractivity contribution < 1.29 is 13.2 Å². The van der Waals surface area contributed by atoms with Crippen molar-refractivity contribution in [3.8, 4) is 11.1 Å². The van der Waals surface area contributed by atoms with Gasteiger partial charge in [-0.15, -0.1) is 0 Å². The summed E-state index contributed by atoms with van der Waals surface area (Å²) < 4.78 is 29.1. The highest BCUT2D eigenvalue weighted by atomic mass is 32.2. The van der Waals surface area contributed by atoms with Crippen LogP contribution in [0.15, 0.2) is 91.3 Å². The topological polar surface area (TPSA) is 75.5 Å². The van der Waals surface area contributed by atoms with Gasteiger partial charge >= 0.3 is 0 Å². The highest BCUT2D eigenvalue weighted by molar-refractivity contribution is 7.91. The highest BCUT2D eigenvalue weighted by Crippen LogP contribution is 2.38. The zero-order chi connectivity index (χ0) is 30.4. The average Bonchev–Trinajstić information content (AvgIpc) is 3.41. The van der Waals surface area contributed by atoms with Crippen LogP contribution in [0, 0.1) is 0 Å². The van der Waals surface area contributed by atoms with E-state index in [-0.39, 0.29) is 5.91 Å². The van der Waals surface area contributed by atoms with E-state index >= 15 is 0 Å². The SMILES string of the molecule is CN1CCCC(c2ccc(C3=CC(C)(S(=O)(=O)n4cc(-c5ccc(C(=O)N(C)C)cc5)c5cccnc54)CC=C3)cc2)C1. The number of allylic oxidation sites excluding steroid dienone is 3. The van der Waals surface area contributed by atoms with Gasteiger partial charge in [-0.25, -0.2) is 17.4 Å². The van der Waals surface area contributed by atoms with E-state index in [0.717, 1.165) is 40.7 Å². The number of piperidine rings is 1. The Bertz CT molecular complexity index is 1840. The molecule has 2 aliphatic rings. The number of aromatic nitrogens is 2. The molecule has 2 aromatic carbocycles. The van der Waals surface area contributed by atoms with Gasteiger partial charge in [-0.05, 0) is 92.2 Å². The lowest BCUT2D eigenvalue weighted by Crippen LogP contribution is -2.38. The van der Waals surface area contributed by atoms with Crippen molar-refractivity contribution in [2.45, 2.75) is 36.9 Å². The fraction of sp³-hybridized carbons (Fsp3) is 0.314. The molecule has 1 aliphatic heterocycles. The predicted molar refractivity (Wildman–Crippen MR) is 174 cm³/mol. The third-order valence-corrected chi connectivity index (χ3v) is 11.1. The summed E-state index contributed by atoms with van der Waals surface area (Å²) >= 11 is 0. The largest absolute Gasteiger partial charge is 0.345 e. The smallest absolute Gasteiger partial charge is 0.253 e. The van der Waals surface area contributed by atoms with E-state index in [1.165, 1.54) is 27.3 Å². The standard InChI is InChI=1S/C35H38N4O3S/c1-35(19-5-8-29(22-35)25-11-13-26(14-12-25)30-9-7-21-38(4)23-30)43(41,42)39-24-32(31-10-6-20-36-33(31)39)27-15-17-28(18-16-27)34(40)37(2)3/h5-6,8,10-18,20,22,24,30H,7,9,19,21,23H2,1-4H3. The number of carbonyl (C=O) groups excluding carboxylic acids is 1. The van der Waals surface area contributed by atoms with E-state index in [1.54, 1.807) is 45.5 Å². The number of carbonyl (C=O) groups is 1. The van der Waals surface area contributed by atoms with E-state index in [4.69, 9.17) is 0 Å². The van der Waals surface area contributed by atoms with Crippen molar-refractivity contribution in [3.63, 3.8) is 0 Å². The molecule has 1 saturated heterocycles. The fourth-order valence-electron chi connectivity index (χ4n) is 6.32. The molecule has 3 heterocycles. The number of benzene rings is 2. The monoisotopic (exact) mass is 594 g/mol. The number of likely N-dealkylation sites (N-methyl/N-ethyl adjacent to an activating group) is 1. The first-order valence-corrected chi connectivity index (χ1v) is 16.2. The number of amides is 1. The molecule has 0 N–H and O–H groups in total. The van der Waals surface area contributed by atoms with Gasteiger partial charge in [-0.1, -0.05) is 54.6 Å². The summed E-state index contributed by atoms with van der Waals surface area (Å²) in [6.45, 7) is 4.00. The lowest BCUT2D eigenvalue weighted by molar-refractivity contribution is 0.0827. The summed E-state index contributed by atoms with van der Waals surface area (Å²) in [6.07, 6.45) is 11.9. The lowest BCUT2D eigenvalue weighted by Gasteiger charge is -2.30. The number of nitrogens with zero attached hydrogens (tertiary/aromatic N) is 4. The average molecular weight is 595 g/mol. The Morgan fingerprint density at radius 1 is 1.02 bits per heavy atom. The molecule has 4 aromatic rings. The third-order valence-electron chi connectivity index (χ3n) is 8.85. The second kappa shape index (κ2) is 11.2. The molecule has 43 heavy (non-hydrogen) atoms. The normalized spacial score (nSPS) is 21.1. The van der Waals surface area contributed by atoms with Crippen LogP contribution < -0.4 is 0 Å². The van der Waals surface area contributed by atoms with Gasteiger partial charge in [0, 0.05) is 49.5 Å². The van der Waals surface area contributed by atoms with E-state index < -0.39 is 14.8 Å². The summed E-state index contributed by atoms with van der Waals surface area (Å²) in [7, 11) is 1.69. The quantitative estimate of drug-likeness (QED) is 0.266. The van der Waals surface area contributed by atoms with Crippen LogP contribution in [0.5, 0.6) is 0 Å². The maximum Gasteiger partial charge on any atom is 0.253 e. The van der Waals surface area contributed by atoms with Crippen molar-refractivity contribution in [1.29, 1.82) is 0 Å². The Balaban J connectivity index is 1.35. The molecule has 0 saturated carbocycles. The number of pyridine rings is 1. The first-order valence-electron chi connectivity index (χ1n) is 14.8. The summed E-state index contributed by atoms with van der Waals surface area (Å²) in [5.41, 5.74) is 5.77. The van der Waals surface area contributed by atoms with Gasteiger partial charge in [-0.3, -0.25) is 4.79 Å². The molecule has 6 rings (SSSR count). The molecule has 1 fully saturated rings. The first-order chi connectivity index (χ1) is 20.6. The fourth-order valence-corrected chi connectivity index (χ4v) is 7.97. The van der Waals surface area contributed by atoms with E-state index in [9.17, 15) is 13.2 Å². The van der Waals surface area contributed by atoms with E-state index in [2.05, 4.69) is 41.2 Å². The van der Waals surface area contributed by atoms with E-state index in [0.29, 0.717) is 23.5 Å². The van der Waals surface area contributed by atoms with Crippen molar-refractivity contribution in [2.24, 2.45) is 0 Å². The summed E-state index contributed by atoms with van der Waals surface area (Å²) in [5.74, 6) is 0.443.